The average Bonchev–Trinajstić information content (AvgIpc) is 2.06. The molecule has 0 fully saturated rings. The quantitative estimate of drug-likeness (QED) is 0.554. The van der Waals surface area contributed by atoms with E-state index < -0.39 is 0 Å². The Labute approximate surface area is 74.8 Å². The Morgan fingerprint density at radius 1 is 1.58 bits per heavy atom. The molecular weight excluding hydrogens is 152 g/mol. The molecule has 2 unspecified atom stereocenters. The molecule has 0 aromatic carbocycles. The van der Waals surface area contributed by atoms with Crippen molar-refractivity contribution in [3.8, 4) is 0 Å². The van der Waals surface area contributed by atoms with Gasteiger partial charge in [0.25, 0.3) is 0 Å². The molecule has 0 amide bonds. The number of hydrogen-bond acceptors (Lipinski definition) is 3. The van der Waals surface area contributed by atoms with Crippen molar-refractivity contribution in [1.82, 2.24) is 0 Å². The van der Waals surface area contributed by atoms with Crippen LogP contribution in [0.2, 0.25) is 0 Å². The van der Waals surface area contributed by atoms with Crippen molar-refractivity contribution in [2.75, 3.05) is 13.2 Å². The molecule has 12 heavy (non-hydrogen) atoms. The van der Waals surface area contributed by atoms with Crippen LogP contribution in [-0.2, 0) is 4.74 Å². The van der Waals surface area contributed by atoms with Gasteiger partial charge in [0.05, 0.1) is 12.7 Å². The van der Waals surface area contributed by atoms with Crippen molar-refractivity contribution in [3.05, 3.63) is 12.7 Å². The lowest BCUT2D eigenvalue weighted by molar-refractivity contribution is 0.0504. The van der Waals surface area contributed by atoms with E-state index in [4.69, 9.17) is 16.2 Å². The molecule has 0 radical (unpaired) electrons. The zero-order chi connectivity index (χ0) is 9.40. The second-order valence-corrected chi connectivity index (χ2v) is 2.81. The van der Waals surface area contributed by atoms with E-state index in [1.165, 1.54) is 0 Å². The van der Waals surface area contributed by atoms with Crippen LogP contribution in [-0.4, -0.2) is 25.3 Å². The van der Waals surface area contributed by atoms with Crippen LogP contribution in [0.5, 0.6) is 0 Å². The molecule has 3 nitrogen and oxygen atoms in total. The maximum absolute atomic E-state index is 5.84. The topological polar surface area (TPSA) is 61.3 Å². The first-order valence-electron chi connectivity index (χ1n) is 4.44. The van der Waals surface area contributed by atoms with Crippen molar-refractivity contribution in [2.45, 2.75) is 31.9 Å². The Bertz CT molecular complexity index is 117. The van der Waals surface area contributed by atoms with Crippen LogP contribution in [0.1, 0.15) is 19.8 Å². The summed E-state index contributed by atoms with van der Waals surface area (Å²) in [5, 5.41) is 0. The Kier molecular flexibility index (Phi) is 7.05. The molecule has 3 heteroatoms. The summed E-state index contributed by atoms with van der Waals surface area (Å²) in [5.74, 6) is 0. The predicted octanol–water partition coefficient (Wildman–Crippen LogP) is 0.644. The van der Waals surface area contributed by atoms with Gasteiger partial charge in [0.15, 0.2) is 0 Å². The summed E-state index contributed by atoms with van der Waals surface area (Å²) in [6.45, 7) is 6.83. The first kappa shape index (κ1) is 11.6. The summed E-state index contributed by atoms with van der Waals surface area (Å²) >= 11 is 0. The normalized spacial score (nSPS) is 15.6. The molecular formula is C9H20N2O. The van der Waals surface area contributed by atoms with Crippen LogP contribution >= 0.6 is 0 Å². The molecule has 0 aromatic rings. The van der Waals surface area contributed by atoms with E-state index in [0.29, 0.717) is 13.2 Å². The van der Waals surface area contributed by atoms with Crippen LogP contribution in [0.4, 0.5) is 0 Å². The molecule has 0 spiro atoms. The summed E-state index contributed by atoms with van der Waals surface area (Å²) in [5.41, 5.74) is 11.2. The Balaban J connectivity index is 3.69. The highest BCUT2D eigenvalue weighted by atomic mass is 16.5. The van der Waals surface area contributed by atoms with Crippen molar-refractivity contribution >= 4 is 0 Å². The van der Waals surface area contributed by atoms with Gasteiger partial charge in [-0.05, 0) is 19.4 Å². The fourth-order valence-electron chi connectivity index (χ4n) is 1.11. The summed E-state index contributed by atoms with van der Waals surface area (Å²) in [6, 6.07) is 0.0555. The first-order chi connectivity index (χ1) is 5.76. The third-order valence-corrected chi connectivity index (χ3v) is 1.81. The highest BCUT2D eigenvalue weighted by Gasteiger charge is 2.14. The highest BCUT2D eigenvalue weighted by Crippen LogP contribution is 2.04. The second-order valence-electron chi connectivity index (χ2n) is 2.81. The van der Waals surface area contributed by atoms with Crippen LogP contribution in [0.25, 0.3) is 0 Å². The molecule has 0 aromatic heterocycles. The minimum Gasteiger partial charge on any atom is -0.373 e. The van der Waals surface area contributed by atoms with Gasteiger partial charge < -0.3 is 16.2 Å². The molecule has 0 aliphatic rings. The van der Waals surface area contributed by atoms with Gasteiger partial charge in [-0.1, -0.05) is 13.0 Å². The van der Waals surface area contributed by atoms with E-state index in [-0.39, 0.29) is 12.1 Å². The summed E-state index contributed by atoms with van der Waals surface area (Å²) in [6.07, 6.45) is 3.59. The molecule has 0 saturated heterocycles. The van der Waals surface area contributed by atoms with E-state index in [1.807, 2.05) is 0 Å². The Morgan fingerprint density at radius 2 is 2.25 bits per heavy atom. The van der Waals surface area contributed by atoms with Gasteiger partial charge in [-0.2, -0.15) is 0 Å². The number of nitrogens with two attached hydrogens (primary N) is 2. The Hall–Kier alpha value is -0.380. The molecule has 0 aliphatic carbocycles. The fraction of sp³-hybridized carbons (Fsp3) is 0.778. The van der Waals surface area contributed by atoms with E-state index in [9.17, 15) is 0 Å². The molecule has 4 N–H and O–H groups in total. The Morgan fingerprint density at radius 3 is 2.67 bits per heavy atom. The molecule has 0 heterocycles. The van der Waals surface area contributed by atoms with Crippen LogP contribution < -0.4 is 11.5 Å². The van der Waals surface area contributed by atoms with E-state index >= 15 is 0 Å². The summed E-state index contributed by atoms with van der Waals surface area (Å²) in [7, 11) is 0. The molecule has 0 aliphatic heterocycles. The summed E-state index contributed by atoms with van der Waals surface area (Å²) in [4.78, 5) is 0. The van der Waals surface area contributed by atoms with Gasteiger partial charge in [0.2, 0.25) is 0 Å². The minimum atomic E-state index is 0.0555. The minimum absolute atomic E-state index is 0.0555. The highest BCUT2D eigenvalue weighted by molar-refractivity contribution is 4.75. The third-order valence-electron chi connectivity index (χ3n) is 1.81. The molecule has 2 atom stereocenters. The first-order valence-corrected chi connectivity index (χ1v) is 4.44. The van der Waals surface area contributed by atoms with Crippen LogP contribution in [0.3, 0.4) is 0 Å². The van der Waals surface area contributed by atoms with Gasteiger partial charge in [-0.15, -0.1) is 6.58 Å². The predicted molar refractivity (Wildman–Crippen MR) is 51.9 cm³/mol. The van der Waals surface area contributed by atoms with Gasteiger partial charge in [-0.25, -0.2) is 0 Å². The van der Waals surface area contributed by atoms with E-state index in [2.05, 4.69) is 13.5 Å². The van der Waals surface area contributed by atoms with Gasteiger partial charge in [0, 0.05) is 6.04 Å². The largest absolute Gasteiger partial charge is 0.373 e. The van der Waals surface area contributed by atoms with E-state index in [1.54, 1.807) is 6.08 Å². The van der Waals surface area contributed by atoms with Gasteiger partial charge in [0.1, 0.15) is 0 Å². The van der Waals surface area contributed by atoms with Crippen LogP contribution in [0.15, 0.2) is 12.7 Å². The maximum atomic E-state index is 5.84. The van der Waals surface area contributed by atoms with Gasteiger partial charge in [-0.3, -0.25) is 0 Å². The van der Waals surface area contributed by atoms with Crippen molar-refractivity contribution in [1.29, 1.82) is 0 Å². The molecule has 0 saturated carbocycles. The lowest BCUT2D eigenvalue weighted by Gasteiger charge is -2.21. The zero-order valence-corrected chi connectivity index (χ0v) is 7.83. The van der Waals surface area contributed by atoms with Gasteiger partial charge >= 0.3 is 0 Å². The van der Waals surface area contributed by atoms with E-state index in [0.717, 1.165) is 12.8 Å². The lowest BCUT2D eigenvalue weighted by atomic mass is 10.1. The monoisotopic (exact) mass is 172 g/mol. The molecule has 0 rings (SSSR count). The SMILES string of the molecule is C=CCOC(CC)C(N)CCN. The van der Waals surface area contributed by atoms with Crippen molar-refractivity contribution in [2.24, 2.45) is 11.5 Å². The zero-order valence-electron chi connectivity index (χ0n) is 7.83. The van der Waals surface area contributed by atoms with Crippen molar-refractivity contribution in [3.63, 3.8) is 0 Å². The second kappa shape index (κ2) is 7.28. The fourth-order valence-corrected chi connectivity index (χ4v) is 1.11. The lowest BCUT2D eigenvalue weighted by Crippen LogP contribution is -2.38. The third kappa shape index (κ3) is 4.49. The van der Waals surface area contributed by atoms with Crippen LogP contribution in [0, 0.1) is 0 Å². The molecule has 0 bridgehead atoms. The average molecular weight is 172 g/mol. The standard InChI is InChI=1S/C9H20N2O/c1-3-7-12-9(4-2)8(11)5-6-10/h3,8-9H,1,4-7,10-11H2,2H3. The smallest absolute Gasteiger partial charge is 0.0728 e. The van der Waals surface area contributed by atoms with Crippen molar-refractivity contribution < 1.29 is 4.74 Å². The number of ether oxygens (including phenoxy) is 1. The number of rotatable bonds is 7. The molecule has 72 valence electrons. The summed E-state index contributed by atoms with van der Waals surface area (Å²) < 4.78 is 5.46. The number of hydrogen-bond donors (Lipinski definition) is 2. The maximum Gasteiger partial charge on any atom is 0.0728 e.